The lowest BCUT2D eigenvalue weighted by Crippen LogP contribution is -2.60. The van der Waals surface area contributed by atoms with Crippen LogP contribution in [0.5, 0.6) is 0 Å². The number of epoxide rings is 1. The molecule has 0 unspecified atom stereocenters. The van der Waals surface area contributed by atoms with Crippen LogP contribution in [0.3, 0.4) is 0 Å². The molecule has 2 heterocycles. The first kappa shape index (κ1) is 9.46. The van der Waals surface area contributed by atoms with Crippen molar-refractivity contribution in [2.45, 2.75) is 63.3 Å². The topological polar surface area (TPSA) is 38.8 Å². The minimum atomic E-state index is 0.0172. The van der Waals surface area contributed by atoms with Crippen LogP contribution in [0.2, 0.25) is 0 Å². The molecule has 2 saturated carbocycles. The maximum absolute atomic E-state index is 11.6. The Morgan fingerprint density at radius 1 is 1.25 bits per heavy atom. The van der Waals surface area contributed by atoms with E-state index in [4.69, 9.17) is 9.47 Å². The second-order valence-corrected chi connectivity index (χ2v) is 6.13. The third-order valence-corrected chi connectivity index (χ3v) is 5.72. The molecule has 4 aliphatic rings. The van der Waals surface area contributed by atoms with Crippen molar-refractivity contribution in [3.8, 4) is 0 Å². The van der Waals surface area contributed by atoms with E-state index in [0.717, 1.165) is 25.7 Å². The fourth-order valence-electron chi connectivity index (χ4n) is 4.76. The van der Waals surface area contributed by atoms with Gasteiger partial charge in [-0.1, -0.05) is 6.92 Å². The van der Waals surface area contributed by atoms with E-state index in [1.165, 1.54) is 6.42 Å². The van der Waals surface area contributed by atoms with Gasteiger partial charge < -0.3 is 9.47 Å². The summed E-state index contributed by atoms with van der Waals surface area (Å²) in [4.78, 5) is 11.6. The number of esters is 1. The Morgan fingerprint density at radius 3 is 3.00 bits per heavy atom. The highest BCUT2D eigenvalue weighted by Crippen LogP contribution is 2.68. The molecule has 16 heavy (non-hydrogen) atoms. The van der Waals surface area contributed by atoms with E-state index in [-0.39, 0.29) is 23.1 Å². The molecule has 2 aliphatic carbocycles. The molecule has 0 aromatic carbocycles. The normalized spacial score (nSPS) is 58.3. The molecule has 88 valence electrons. The minimum absolute atomic E-state index is 0.0172. The number of hydrogen-bond acceptors (Lipinski definition) is 3. The highest BCUT2D eigenvalue weighted by molar-refractivity contribution is 5.71. The van der Waals surface area contributed by atoms with Crippen molar-refractivity contribution in [2.24, 2.45) is 11.3 Å². The summed E-state index contributed by atoms with van der Waals surface area (Å²) in [6.45, 7) is 2.31. The van der Waals surface area contributed by atoms with Gasteiger partial charge in [-0.25, -0.2) is 0 Å². The van der Waals surface area contributed by atoms with Crippen molar-refractivity contribution in [3.63, 3.8) is 0 Å². The first-order valence-electron chi connectivity index (χ1n) is 6.54. The van der Waals surface area contributed by atoms with Crippen LogP contribution in [0.15, 0.2) is 0 Å². The van der Waals surface area contributed by atoms with Gasteiger partial charge in [-0.05, 0) is 38.0 Å². The van der Waals surface area contributed by atoms with Gasteiger partial charge in [-0.15, -0.1) is 0 Å². The van der Waals surface area contributed by atoms with Gasteiger partial charge in [0, 0.05) is 11.8 Å². The molecule has 4 rings (SSSR count). The first-order valence-corrected chi connectivity index (χ1v) is 6.54. The highest BCUT2D eigenvalue weighted by Gasteiger charge is 2.75. The average molecular weight is 222 g/mol. The molecule has 2 saturated heterocycles. The lowest BCUT2D eigenvalue weighted by atomic mass is 9.52. The Morgan fingerprint density at radius 2 is 2.12 bits per heavy atom. The van der Waals surface area contributed by atoms with Crippen molar-refractivity contribution < 1.29 is 14.3 Å². The highest BCUT2D eigenvalue weighted by atomic mass is 16.6. The van der Waals surface area contributed by atoms with Gasteiger partial charge in [0.15, 0.2) is 0 Å². The molecule has 0 bridgehead atoms. The van der Waals surface area contributed by atoms with E-state index in [1.54, 1.807) is 0 Å². The monoisotopic (exact) mass is 222 g/mol. The Labute approximate surface area is 95.5 Å². The van der Waals surface area contributed by atoms with Crippen LogP contribution in [0, 0.1) is 11.3 Å². The van der Waals surface area contributed by atoms with Crippen molar-refractivity contribution in [1.29, 1.82) is 0 Å². The van der Waals surface area contributed by atoms with Crippen molar-refractivity contribution in [2.75, 3.05) is 0 Å². The maximum Gasteiger partial charge on any atom is 0.306 e. The number of rotatable bonds is 0. The number of ether oxygens (including phenoxy) is 2. The summed E-state index contributed by atoms with van der Waals surface area (Å²) in [6.07, 6.45) is 6.87. The molecule has 4 fully saturated rings. The summed E-state index contributed by atoms with van der Waals surface area (Å²) in [5.74, 6) is 0.515. The molecular weight excluding hydrogens is 204 g/mol. The molecule has 3 nitrogen and oxygen atoms in total. The molecule has 5 atom stereocenters. The molecule has 1 spiro atoms. The zero-order chi connectivity index (χ0) is 11.0. The molecule has 0 aromatic heterocycles. The SMILES string of the molecule is C[C@@]12[C@@H]3CC[C@H]4O[C@]41CCC[C@H]2OC(=O)C3. The summed E-state index contributed by atoms with van der Waals surface area (Å²) in [5.41, 5.74) is 0.196. The minimum Gasteiger partial charge on any atom is -0.462 e. The van der Waals surface area contributed by atoms with Crippen LogP contribution in [0.4, 0.5) is 0 Å². The van der Waals surface area contributed by atoms with Crippen LogP contribution in [0.1, 0.15) is 45.4 Å². The van der Waals surface area contributed by atoms with E-state index in [9.17, 15) is 4.79 Å². The van der Waals surface area contributed by atoms with Crippen LogP contribution in [0.25, 0.3) is 0 Å². The van der Waals surface area contributed by atoms with E-state index >= 15 is 0 Å². The summed E-state index contributed by atoms with van der Waals surface area (Å²) in [7, 11) is 0. The predicted octanol–water partition coefficient (Wildman–Crippen LogP) is 2.04. The molecule has 0 aromatic rings. The smallest absolute Gasteiger partial charge is 0.306 e. The maximum atomic E-state index is 11.6. The van der Waals surface area contributed by atoms with Gasteiger partial charge in [0.2, 0.25) is 0 Å². The Bertz CT molecular complexity index is 354. The second-order valence-electron chi connectivity index (χ2n) is 6.13. The predicted molar refractivity (Wildman–Crippen MR) is 56.8 cm³/mol. The van der Waals surface area contributed by atoms with Gasteiger partial charge in [0.05, 0.1) is 6.10 Å². The summed E-state index contributed by atoms with van der Waals surface area (Å²) in [6, 6.07) is 0. The molecule has 2 aliphatic heterocycles. The number of hydrogen-bond donors (Lipinski definition) is 0. The van der Waals surface area contributed by atoms with Crippen LogP contribution in [-0.4, -0.2) is 23.8 Å². The second kappa shape index (κ2) is 2.63. The molecule has 0 amide bonds. The zero-order valence-electron chi connectivity index (χ0n) is 9.70. The number of carbonyl (C=O) groups excluding carboxylic acids is 1. The Kier molecular flexibility index (Phi) is 1.56. The van der Waals surface area contributed by atoms with Crippen LogP contribution in [-0.2, 0) is 14.3 Å². The van der Waals surface area contributed by atoms with E-state index in [2.05, 4.69) is 6.92 Å². The average Bonchev–Trinajstić information content (AvgIpc) is 2.94. The summed E-state index contributed by atoms with van der Waals surface area (Å²) < 4.78 is 11.7. The largest absolute Gasteiger partial charge is 0.462 e. The Hall–Kier alpha value is -0.570. The van der Waals surface area contributed by atoms with Gasteiger partial charge in [0.1, 0.15) is 11.7 Å². The first-order chi connectivity index (χ1) is 7.67. The standard InChI is InChI=1S/C13H18O3/c1-12-8-4-5-10-13(12,16-10)6-2-3-9(12)15-11(14)7-8/h8-10H,2-7H2,1H3/t8-,9-,10-,12+,13-/m1/s1. The quantitative estimate of drug-likeness (QED) is 0.465. The zero-order valence-corrected chi connectivity index (χ0v) is 9.70. The lowest BCUT2D eigenvalue weighted by molar-refractivity contribution is -0.193. The fraction of sp³-hybridized carbons (Fsp3) is 0.923. The molecule has 0 N–H and O–H groups in total. The van der Waals surface area contributed by atoms with Crippen molar-refractivity contribution in [1.82, 2.24) is 0 Å². The van der Waals surface area contributed by atoms with E-state index < -0.39 is 0 Å². The van der Waals surface area contributed by atoms with Crippen molar-refractivity contribution >= 4 is 5.97 Å². The summed E-state index contributed by atoms with van der Waals surface area (Å²) >= 11 is 0. The van der Waals surface area contributed by atoms with Crippen LogP contribution >= 0.6 is 0 Å². The van der Waals surface area contributed by atoms with Gasteiger partial charge >= 0.3 is 5.97 Å². The third kappa shape index (κ3) is 0.849. The lowest BCUT2D eigenvalue weighted by Gasteiger charge is -2.54. The fourth-order valence-corrected chi connectivity index (χ4v) is 4.76. The molecular formula is C13H18O3. The Balaban J connectivity index is 1.80. The van der Waals surface area contributed by atoms with Gasteiger partial charge in [-0.2, -0.15) is 0 Å². The summed E-state index contributed by atoms with van der Waals surface area (Å²) in [5, 5.41) is 0. The van der Waals surface area contributed by atoms with Gasteiger partial charge in [-0.3, -0.25) is 4.79 Å². The molecule has 3 heteroatoms. The van der Waals surface area contributed by atoms with Crippen molar-refractivity contribution in [3.05, 3.63) is 0 Å². The van der Waals surface area contributed by atoms with E-state index in [1.807, 2.05) is 0 Å². The van der Waals surface area contributed by atoms with E-state index in [0.29, 0.717) is 18.4 Å². The number of carbonyl (C=O) groups is 1. The van der Waals surface area contributed by atoms with Gasteiger partial charge in [0.25, 0.3) is 0 Å². The van der Waals surface area contributed by atoms with Crippen LogP contribution < -0.4 is 0 Å². The third-order valence-electron chi connectivity index (χ3n) is 5.72. The molecule has 0 radical (unpaired) electrons.